The Morgan fingerprint density at radius 2 is 1.82 bits per heavy atom. The van der Waals surface area contributed by atoms with Crippen LogP contribution in [0.15, 0.2) is 0 Å². The third kappa shape index (κ3) is 0.631. The zero-order valence-corrected chi connectivity index (χ0v) is 8.20. The molecule has 0 aromatic rings. The van der Waals surface area contributed by atoms with Crippen LogP contribution in [0.25, 0.3) is 0 Å². The molecule has 3 aliphatic rings. The predicted octanol–water partition coefficient (Wildman–Crippen LogP) is 2.13. The number of nitrogens with two attached hydrogens (primary N) is 1. The van der Waals surface area contributed by atoms with Crippen molar-refractivity contribution in [3.63, 3.8) is 0 Å². The van der Waals surface area contributed by atoms with Crippen LogP contribution in [0.3, 0.4) is 0 Å². The molecule has 3 rings (SSSR count). The SMILES string of the molecule is CC(C)(C)C12CC(N)(C1)C2Cl. The smallest absolute Gasteiger partial charge is 0.0578 e. The van der Waals surface area contributed by atoms with Crippen LogP contribution in [0, 0.1) is 10.8 Å². The molecule has 1 nitrogen and oxygen atoms in total. The van der Waals surface area contributed by atoms with Crippen molar-refractivity contribution in [1.82, 2.24) is 0 Å². The largest absolute Gasteiger partial charge is 0.324 e. The molecular formula is C9H16ClN. The highest BCUT2D eigenvalue weighted by Gasteiger charge is 2.76. The van der Waals surface area contributed by atoms with Crippen LogP contribution in [-0.2, 0) is 0 Å². The van der Waals surface area contributed by atoms with Crippen molar-refractivity contribution >= 4 is 11.6 Å². The first-order chi connectivity index (χ1) is 4.82. The lowest BCUT2D eigenvalue weighted by molar-refractivity contribution is -0.192. The third-order valence-electron chi connectivity index (χ3n) is 3.77. The van der Waals surface area contributed by atoms with Crippen molar-refractivity contribution in [3.8, 4) is 0 Å². The molecule has 0 aliphatic heterocycles. The second-order valence-electron chi connectivity index (χ2n) is 5.36. The van der Waals surface area contributed by atoms with Gasteiger partial charge in [0.15, 0.2) is 0 Å². The molecule has 3 fully saturated rings. The molecule has 0 aromatic heterocycles. The standard InChI is InChI=1S/C9H16ClN/c1-7(2,3)8-4-9(11,5-8)6(8)10/h6H,4-5,11H2,1-3H3. The Bertz CT molecular complexity index is 198. The van der Waals surface area contributed by atoms with Crippen molar-refractivity contribution in [1.29, 1.82) is 0 Å². The van der Waals surface area contributed by atoms with Gasteiger partial charge in [-0.2, -0.15) is 0 Å². The Morgan fingerprint density at radius 1 is 1.36 bits per heavy atom. The van der Waals surface area contributed by atoms with Crippen molar-refractivity contribution in [2.45, 2.75) is 44.5 Å². The second kappa shape index (κ2) is 1.62. The number of rotatable bonds is 0. The molecule has 3 saturated carbocycles. The molecule has 2 bridgehead atoms. The van der Waals surface area contributed by atoms with E-state index in [1.165, 1.54) is 0 Å². The van der Waals surface area contributed by atoms with Gasteiger partial charge in [-0.15, -0.1) is 11.6 Å². The Morgan fingerprint density at radius 3 is 1.91 bits per heavy atom. The highest BCUT2D eigenvalue weighted by atomic mass is 35.5. The molecule has 11 heavy (non-hydrogen) atoms. The van der Waals surface area contributed by atoms with Gasteiger partial charge in [-0.25, -0.2) is 0 Å². The highest BCUT2D eigenvalue weighted by molar-refractivity contribution is 6.24. The maximum absolute atomic E-state index is 6.21. The molecule has 0 amide bonds. The van der Waals surface area contributed by atoms with E-state index in [1.54, 1.807) is 0 Å². The van der Waals surface area contributed by atoms with E-state index in [-0.39, 0.29) is 10.9 Å². The van der Waals surface area contributed by atoms with Gasteiger partial charge >= 0.3 is 0 Å². The van der Waals surface area contributed by atoms with Crippen LogP contribution in [-0.4, -0.2) is 10.9 Å². The maximum atomic E-state index is 6.21. The summed E-state index contributed by atoms with van der Waals surface area (Å²) in [5.41, 5.74) is 6.69. The van der Waals surface area contributed by atoms with E-state index in [1.807, 2.05) is 0 Å². The fourth-order valence-electron chi connectivity index (χ4n) is 2.68. The summed E-state index contributed by atoms with van der Waals surface area (Å²) in [6, 6.07) is 0. The van der Waals surface area contributed by atoms with E-state index >= 15 is 0 Å². The van der Waals surface area contributed by atoms with Crippen LogP contribution in [0.5, 0.6) is 0 Å². The Balaban J connectivity index is 2.20. The van der Waals surface area contributed by atoms with Gasteiger partial charge in [-0.3, -0.25) is 0 Å². The molecule has 1 unspecified atom stereocenters. The van der Waals surface area contributed by atoms with E-state index in [0.29, 0.717) is 10.8 Å². The third-order valence-corrected chi connectivity index (χ3v) is 4.63. The number of hydrogen-bond acceptors (Lipinski definition) is 1. The zero-order valence-electron chi connectivity index (χ0n) is 7.45. The van der Waals surface area contributed by atoms with Gasteiger partial charge in [-0.1, -0.05) is 20.8 Å². The lowest BCUT2D eigenvalue weighted by atomic mass is 9.32. The molecule has 0 radical (unpaired) electrons. The van der Waals surface area contributed by atoms with Crippen molar-refractivity contribution < 1.29 is 0 Å². The molecular weight excluding hydrogens is 158 g/mol. The highest BCUT2D eigenvalue weighted by Crippen LogP contribution is 2.74. The van der Waals surface area contributed by atoms with Gasteiger partial charge < -0.3 is 5.73 Å². The van der Waals surface area contributed by atoms with Gasteiger partial charge in [0.1, 0.15) is 0 Å². The second-order valence-corrected chi connectivity index (χ2v) is 5.79. The molecule has 2 N–H and O–H groups in total. The average Bonchev–Trinajstić information content (AvgIpc) is 1.80. The minimum atomic E-state index is 0.00877. The summed E-state index contributed by atoms with van der Waals surface area (Å²) in [6.07, 6.45) is 2.27. The van der Waals surface area contributed by atoms with E-state index in [2.05, 4.69) is 20.8 Å². The Kier molecular flexibility index (Phi) is 1.16. The Labute approximate surface area is 73.3 Å². The first-order valence-corrected chi connectivity index (χ1v) is 4.68. The van der Waals surface area contributed by atoms with Crippen molar-refractivity contribution in [2.75, 3.05) is 0 Å². The minimum absolute atomic E-state index is 0.00877. The molecule has 0 saturated heterocycles. The lowest BCUT2D eigenvalue weighted by Gasteiger charge is -2.77. The van der Waals surface area contributed by atoms with Gasteiger partial charge in [0.05, 0.1) is 5.38 Å². The molecule has 0 spiro atoms. The van der Waals surface area contributed by atoms with Gasteiger partial charge in [0.2, 0.25) is 0 Å². The summed E-state index contributed by atoms with van der Waals surface area (Å²) in [5.74, 6) is 0. The fraction of sp³-hybridized carbons (Fsp3) is 1.00. The first kappa shape index (κ1) is 7.88. The first-order valence-electron chi connectivity index (χ1n) is 4.25. The monoisotopic (exact) mass is 173 g/mol. The summed E-state index contributed by atoms with van der Waals surface area (Å²) in [7, 11) is 0. The summed E-state index contributed by atoms with van der Waals surface area (Å²) in [6.45, 7) is 6.80. The predicted molar refractivity (Wildman–Crippen MR) is 47.7 cm³/mol. The maximum Gasteiger partial charge on any atom is 0.0578 e. The van der Waals surface area contributed by atoms with Crippen molar-refractivity contribution in [2.24, 2.45) is 16.6 Å². The van der Waals surface area contributed by atoms with E-state index < -0.39 is 0 Å². The quantitative estimate of drug-likeness (QED) is 0.558. The number of hydrogen-bond donors (Lipinski definition) is 1. The molecule has 0 heterocycles. The Hall–Kier alpha value is 0.250. The topological polar surface area (TPSA) is 26.0 Å². The van der Waals surface area contributed by atoms with Crippen LogP contribution in [0.1, 0.15) is 33.6 Å². The molecule has 2 heteroatoms. The van der Waals surface area contributed by atoms with Gasteiger partial charge in [-0.05, 0) is 23.7 Å². The molecule has 64 valence electrons. The average molecular weight is 174 g/mol. The normalized spacial score (nSPS) is 54.8. The summed E-state index contributed by atoms with van der Waals surface area (Å²) < 4.78 is 0. The fourth-order valence-corrected chi connectivity index (χ4v) is 3.32. The summed E-state index contributed by atoms with van der Waals surface area (Å²) in [4.78, 5) is 0. The molecule has 3 aliphatic carbocycles. The molecule has 1 atom stereocenters. The summed E-state index contributed by atoms with van der Waals surface area (Å²) >= 11 is 6.21. The number of alkyl halides is 1. The van der Waals surface area contributed by atoms with E-state index in [0.717, 1.165) is 12.8 Å². The van der Waals surface area contributed by atoms with Crippen LogP contribution in [0.2, 0.25) is 0 Å². The lowest BCUT2D eigenvalue weighted by Crippen LogP contribution is -2.84. The van der Waals surface area contributed by atoms with Crippen LogP contribution >= 0.6 is 11.6 Å². The van der Waals surface area contributed by atoms with E-state index in [4.69, 9.17) is 17.3 Å². The van der Waals surface area contributed by atoms with Gasteiger partial charge in [0, 0.05) is 5.54 Å². The van der Waals surface area contributed by atoms with E-state index in [9.17, 15) is 0 Å². The van der Waals surface area contributed by atoms with Gasteiger partial charge in [0.25, 0.3) is 0 Å². The van der Waals surface area contributed by atoms with Crippen molar-refractivity contribution in [3.05, 3.63) is 0 Å². The summed E-state index contributed by atoms with van der Waals surface area (Å²) in [5, 5.41) is 0.231. The van der Waals surface area contributed by atoms with Crippen LogP contribution < -0.4 is 5.73 Å². The molecule has 0 aromatic carbocycles. The zero-order chi connectivity index (χ0) is 8.49. The van der Waals surface area contributed by atoms with Crippen LogP contribution in [0.4, 0.5) is 0 Å². The number of halogens is 1. The minimum Gasteiger partial charge on any atom is -0.324 e.